The molecule has 0 radical (unpaired) electrons. The lowest BCUT2D eigenvalue weighted by atomic mass is 10.2. The normalized spacial score (nSPS) is 11.1. The third kappa shape index (κ3) is 4.52. The summed E-state index contributed by atoms with van der Waals surface area (Å²) in [4.78, 5) is 10.2. The van der Waals surface area contributed by atoms with E-state index in [1.165, 1.54) is 43.5 Å². The molecule has 150 valence electrons. The number of rotatable bonds is 7. The predicted molar refractivity (Wildman–Crippen MR) is 106 cm³/mol. The monoisotopic (exact) mass is 416 g/mol. The molecule has 0 aliphatic rings. The van der Waals surface area contributed by atoms with Crippen LogP contribution in [0.2, 0.25) is 0 Å². The standard InChI is InChI=1S/C20H17FN2O5S/c1-28-19-4-2-3-18(13-19)22(14-15-5-7-16(21)8-6-15)29(26,27)20-11-9-17(10-12-20)23(24)25/h2-13H,14H2,1H3. The molecule has 0 heterocycles. The maximum Gasteiger partial charge on any atom is 0.269 e. The summed E-state index contributed by atoms with van der Waals surface area (Å²) in [7, 11) is -2.60. The van der Waals surface area contributed by atoms with Crippen LogP contribution in [0.4, 0.5) is 15.8 Å². The minimum atomic E-state index is -4.07. The van der Waals surface area contributed by atoms with Crippen LogP contribution in [0.15, 0.2) is 77.7 Å². The third-order valence-corrected chi connectivity index (χ3v) is 6.00. The fourth-order valence-electron chi connectivity index (χ4n) is 2.70. The maximum absolute atomic E-state index is 13.3. The Balaban J connectivity index is 2.07. The Morgan fingerprint density at radius 3 is 2.28 bits per heavy atom. The van der Waals surface area contributed by atoms with E-state index in [0.717, 1.165) is 16.4 Å². The zero-order valence-electron chi connectivity index (χ0n) is 15.4. The first-order valence-corrected chi connectivity index (χ1v) is 9.91. The van der Waals surface area contributed by atoms with Gasteiger partial charge in [-0.15, -0.1) is 0 Å². The highest BCUT2D eigenvalue weighted by molar-refractivity contribution is 7.92. The van der Waals surface area contributed by atoms with Gasteiger partial charge in [0.15, 0.2) is 0 Å². The van der Waals surface area contributed by atoms with Gasteiger partial charge in [-0.1, -0.05) is 18.2 Å². The fourth-order valence-corrected chi connectivity index (χ4v) is 4.15. The molecule has 0 spiro atoms. The van der Waals surface area contributed by atoms with E-state index in [9.17, 15) is 22.9 Å². The average molecular weight is 416 g/mol. The van der Waals surface area contributed by atoms with E-state index in [1.807, 2.05) is 0 Å². The number of ether oxygens (including phenoxy) is 1. The van der Waals surface area contributed by atoms with Gasteiger partial charge < -0.3 is 4.74 Å². The number of hydrogen-bond acceptors (Lipinski definition) is 5. The molecular formula is C20H17FN2O5S. The molecule has 0 atom stereocenters. The highest BCUT2D eigenvalue weighted by atomic mass is 32.2. The SMILES string of the molecule is COc1cccc(N(Cc2ccc(F)cc2)S(=O)(=O)c2ccc([N+](=O)[O-])cc2)c1. The fraction of sp³-hybridized carbons (Fsp3) is 0.100. The zero-order valence-corrected chi connectivity index (χ0v) is 16.2. The number of benzene rings is 3. The van der Waals surface area contributed by atoms with Gasteiger partial charge in [-0.3, -0.25) is 14.4 Å². The average Bonchev–Trinajstić information content (AvgIpc) is 2.73. The van der Waals surface area contributed by atoms with Gasteiger partial charge in [-0.05, 0) is 42.0 Å². The summed E-state index contributed by atoms with van der Waals surface area (Å²) >= 11 is 0. The second-order valence-electron chi connectivity index (χ2n) is 6.09. The number of non-ortho nitro benzene ring substituents is 1. The molecule has 0 fully saturated rings. The first-order valence-electron chi connectivity index (χ1n) is 8.47. The first kappa shape index (κ1) is 20.3. The van der Waals surface area contributed by atoms with Crippen LogP contribution in [0.25, 0.3) is 0 Å². The molecule has 0 unspecified atom stereocenters. The van der Waals surface area contributed by atoms with Gasteiger partial charge in [0.05, 0.1) is 29.2 Å². The van der Waals surface area contributed by atoms with Crippen LogP contribution in [0.1, 0.15) is 5.56 Å². The van der Waals surface area contributed by atoms with Gasteiger partial charge in [0.1, 0.15) is 11.6 Å². The molecule has 0 aromatic heterocycles. The van der Waals surface area contributed by atoms with Crippen molar-refractivity contribution in [3.05, 3.63) is 94.3 Å². The van der Waals surface area contributed by atoms with Crippen LogP contribution < -0.4 is 9.04 Å². The van der Waals surface area contributed by atoms with Crippen molar-refractivity contribution in [1.82, 2.24) is 0 Å². The molecule has 29 heavy (non-hydrogen) atoms. The Labute approximate surface area is 167 Å². The van der Waals surface area contributed by atoms with E-state index < -0.39 is 20.8 Å². The number of nitrogens with zero attached hydrogens (tertiary/aromatic N) is 2. The molecule has 0 bridgehead atoms. The molecule has 0 N–H and O–H groups in total. The molecule has 0 aliphatic heterocycles. The number of anilines is 1. The molecule has 3 aromatic rings. The summed E-state index contributed by atoms with van der Waals surface area (Å²) in [6.45, 7) is -0.0627. The van der Waals surface area contributed by atoms with Gasteiger partial charge in [0.2, 0.25) is 0 Å². The van der Waals surface area contributed by atoms with Crippen molar-refractivity contribution in [3.63, 3.8) is 0 Å². The third-order valence-electron chi connectivity index (χ3n) is 4.22. The van der Waals surface area contributed by atoms with E-state index in [1.54, 1.807) is 24.3 Å². The Morgan fingerprint density at radius 1 is 1.03 bits per heavy atom. The molecule has 0 saturated carbocycles. The minimum absolute atomic E-state index is 0.0627. The number of nitro benzene ring substituents is 1. The second-order valence-corrected chi connectivity index (χ2v) is 7.95. The summed E-state index contributed by atoms with van der Waals surface area (Å²) in [6, 6.07) is 16.6. The topological polar surface area (TPSA) is 89.8 Å². The molecule has 0 aliphatic carbocycles. The van der Waals surface area contributed by atoms with Crippen molar-refractivity contribution in [2.75, 3.05) is 11.4 Å². The van der Waals surface area contributed by atoms with Gasteiger partial charge in [-0.2, -0.15) is 0 Å². The summed E-state index contributed by atoms with van der Waals surface area (Å²) in [5.41, 5.74) is 0.696. The maximum atomic E-state index is 13.3. The van der Waals surface area contributed by atoms with E-state index in [4.69, 9.17) is 4.74 Å². The molecule has 0 amide bonds. The first-order chi connectivity index (χ1) is 13.8. The molecule has 7 nitrogen and oxygen atoms in total. The van der Waals surface area contributed by atoms with Crippen molar-refractivity contribution in [2.45, 2.75) is 11.4 Å². The lowest BCUT2D eigenvalue weighted by Crippen LogP contribution is -2.30. The number of halogens is 1. The lowest BCUT2D eigenvalue weighted by molar-refractivity contribution is -0.384. The quantitative estimate of drug-likeness (QED) is 0.427. The summed E-state index contributed by atoms with van der Waals surface area (Å²) in [5, 5.41) is 10.9. The van der Waals surface area contributed by atoms with Crippen molar-refractivity contribution < 1.29 is 22.5 Å². The second kappa shape index (κ2) is 8.27. The molecular weight excluding hydrogens is 399 g/mol. The number of methoxy groups -OCH3 is 1. The van der Waals surface area contributed by atoms with E-state index in [0.29, 0.717) is 17.0 Å². The van der Waals surface area contributed by atoms with Crippen molar-refractivity contribution in [3.8, 4) is 5.75 Å². The van der Waals surface area contributed by atoms with Crippen LogP contribution in [0.5, 0.6) is 5.75 Å². The largest absolute Gasteiger partial charge is 0.497 e. The van der Waals surface area contributed by atoms with E-state index in [-0.39, 0.29) is 17.1 Å². The van der Waals surface area contributed by atoms with Crippen LogP contribution in [0, 0.1) is 15.9 Å². The molecule has 9 heteroatoms. The Morgan fingerprint density at radius 2 is 1.69 bits per heavy atom. The smallest absolute Gasteiger partial charge is 0.269 e. The van der Waals surface area contributed by atoms with E-state index in [2.05, 4.69) is 0 Å². The Kier molecular flexibility index (Phi) is 5.79. The van der Waals surface area contributed by atoms with Crippen LogP contribution in [-0.2, 0) is 16.6 Å². The minimum Gasteiger partial charge on any atom is -0.497 e. The molecule has 3 rings (SSSR count). The highest BCUT2D eigenvalue weighted by Crippen LogP contribution is 2.29. The van der Waals surface area contributed by atoms with Crippen LogP contribution in [0.3, 0.4) is 0 Å². The van der Waals surface area contributed by atoms with Crippen molar-refractivity contribution in [2.24, 2.45) is 0 Å². The number of nitro groups is 1. The molecule has 3 aromatic carbocycles. The van der Waals surface area contributed by atoms with Gasteiger partial charge in [0, 0.05) is 18.2 Å². The van der Waals surface area contributed by atoms with Crippen molar-refractivity contribution >= 4 is 21.4 Å². The highest BCUT2D eigenvalue weighted by Gasteiger charge is 2.26. The number of sulfonamides is 1. The van der Waals surface area contributed by atoms with Gasteiger partial charge in [-0.25, -0.2) is 12.8 Å². The Hall–Kier alpha value is -3.46. The summed E-state index contributed by atoms with van der Waals surface area (Å²) < 4.78 is 46.2. The molecule has 0 saturated heterocycles. The lowest BCUT2D eigenvalue weighted by Gasteiger charge is -2.25. The van der Waals surface area contributed by atoms with Crippen molar-refractivity contribution in [1.29, 1.82) is 0 Å². The summed E-state index contributed by atoms with van der Waals surface area (Å²) in [6.07, 6.45) is 0. The predicted octanol–water partition coefficient (Wildman–Crippen LogP) is 4.14. The van der Waals surface area contributed by atoms with Gasteiger partial charge >= 0.3 is 0 Å². The zero-order chi connectivity index (χ0) is 21.0. The number of hydrogen-bond donors (Lipinski definition) is 0. The van der Waals surface area contributed by atoms with Gasteiger partial charge in [0.25, 0.3) is 15.7 Å². The Bertz CT molecular complexity index is 1120. The van der Waals surface area contributed by atoms with Crippen LogP contribution >= 0.6 is 0 Å². The van der Waals surface area contributed by atoms with E-state index >= 15 is 0 Å². The van der Waals surface area contributed by atoms with Crippen LogP contribution in [-0.4, -0.2) is 20.5 Å². The summed E-state index contributed by atoms with van der Waals surface area (Å²) in [5.74, 6) is 0.0328.